The van der Waals surface area contributed by atoms with Gasteiger partial charge in [0.05, 0.1) is 12.0 Å². The number of aromatic nitrogens is 3. The normalized spacial score (nSPS) is 11.5. The molecule has 2 rings (SSSR count). The summed E-state index contributed by atoms with van der Waals surface area (Å²) in [5.41, 5.74) is 3.47. The molecule has 2 aromatic rings. The van der Waals surface area contributed by atoms with Crippen LogP contribution in [0.15, 0.2) is 11.1 Å². The number of imidazole rings is 1. The number of hydrogen-bond donors (Lipinski definition) is 2. The van der Waals surface area contributed by atoms with E-state index in [-0.39, 0.29) is 21.3 Å². The molecule has 0 aromatic carbocycles. The molecule has 0 amide bonds. The van der Waals surface area contributed by atoms with Crippen LogP contribution in [0.3, 0.4) is 0 Å². The van der Waals surface area contributed by atoms with Crippen LogP contribution in [0.1, 0.15) is 18.3 Å². The van der Waals surface area contributed by atoms with E-state index in [1.54, 1.807) is 19.1 Å². The van der Waals surface area contributed by atoms with Crippen molar-refractivity contribution in [2.45, 2.75) is 20.4 Å². The van der Waals surface area contributed by atoms with Gasteiger partial charge in [-0.2, -0.15) is 5.26 Å². The number of H-pyrrole nitrogens is 1. The third-order valence-electron chi connectivity index (χ3n) is 2.95. The molecule has 8 heteroatoms. The highest BCUT2D eigenvalue weighted by molar-refractivity contribution is 7.07. The second-order valence-electron chi connectivity index (χ2n) is 4.28. The van der Waals surface area contributed by atoms with Crippen LogP contribution in [0.5, 0.6) is 0 Å². The topological polar surface area (TPSA) is 112 Å². The van der Waals surface area contributed by atoms with E-state index >= 15 is 0 Å². The second-order valence-corrected chi connectivity index (χ2v) is 5.28. The molecule has 7 nitrogen and oxygen atoms in total. The van der Waals surface area contributed by atoms with E-state index in [2.05, 4.69) is 15.7 Å². The van der Waals surface area contributed by atoms with Gasteiger partial charge in [-0.15, -0.1) is 11.3 Å². The quantitative estimate of drug-likeness (QED) is 0.815. The van der Waals surface area contributed by atoms with Gasteiger partial charge in [-0.25, -0.2) is 9.78 Å². The van der Waals surface area contributed by atoms with Crippen LogP contribution >= 0.6 is 11.3 Å². The Morgan fingerprint density at radius 2 is 2.36 bits per heavy atom. The molecule has 0 fully saturated rings. The molecule has 22 heavy (non-hydrogen) atoms. The maximum atomic E-state index is 12.3. The Bertz CT molecular complexity index is 981. The third kappa shape index (κ3) is 2.76. The molecule has 0 saturated carbocycles. The highest BCUT2D eigenvalue weighted by atomic mass is 32.1. The van der Waals surface area contributed by atoms with Gasteiger partial charge >= 0.3 is 5.97 Å². The fourth-order valence-electron chi connectivity index (χ4n) is 1.81. The van der Waals surface area contributed by atoms with Gasteiger partial charge in [-0.1, -0.05) is 5.73 Å². The van der Waals surface area contributed by atoms with E-state index in [9.17, 15) is 9.59 Å². The zero-order chi connectivity index (χ0) is 16.3. The smallest absolute Gasteiger partial charge is 0.349 e. The molecular formula is C14H12N4O3S. The number of nitrogens with one attached hydrogen (secondary N) is 1. The maximum Gasteiger partial charge on any atom is 0.349 e. The molecule has 0 bridgehead atoms. The van der Waals surface area contributed by atoms with Gasteiger partial charge < -0.3 is 10.1 Å². The first-order valence-corrected chi connectivity index (χ1v) is 7.15. The number of carboxylic acids is 1. The molecule has 2 aromatic heterocycles. The zero-order valence-electron chi connectivity index (χ0n) is 11.9. The fraction of sp³-hybridized carbons (Fsp3) is 0.214. The lowest BCUT2D eigenvalue weighted by atomic mass is 10.3. The Kier molecular flexibility index (Phi) is 4.41. The van der Waals surface area contributed by atoms with E-state index in [4.69, 9.17) is 10.4 Å². The molecule has 2 heterocycles. The summed E-state index contributed by atoms with van der Waals surface area (Å²) in [6.07, 6.45) is 3.08. The minimum absolute atomic E-state index is 0.122. The van der Waals surface area contributed by atoms with Crippen LogP contribution < -0.4 is 14.8 Å². The van der Waals surface area contributed by atoms with Crippen LogP contribution in [0.2, 0.25) is 0 Å². The summed E-state index contributed by atoms with van der Waals surface area (Å²) in [6.45, 7) is 3.81. The van der Waals surface area contributed by atoms with Crippen molar-refractivity contribution >= 4 is 34.7 Å². The molecule has 0 unspecified atom stereocenters. The van der Waals surface area contributed by atoms with Gasteiger partial charge in [0.1, 0.15) is 15.3 Å². The SMILES string of the molecule is CCn1c(=O)c(=C=Cc2nc[nH]c2C)s/c1=C(/C#N)C(=O)O. The van der Waals surface area contributed by atoms with Gasteiger partial charge in [0.15, 0.2) is 5.57 Å². The molecule has 112 valence electrons. The Morgan fingerprint density at radius 1 is 1.64 bits per heavy atom. The van der Waals surface area contributed by atoms with Gasteiger partial charge in [0.2, 0.25) is 0 Å². The molecule has 0 aliphatic carbocycles. The predicted molar refractivity (Wildman–Crippen MR) is 81.4 cm³/mol. The lowest BCUT2D eigenvalue weighted by Gasteiger charge is -1.95. The Morgan fingerprint density at radius 3 is 2.86 bits per heavy atom. The van der Waals surface area contributed by atoms with Crippen LogP contribution in [-0.4, -0.2) is 25.6 Å². The van der Waals surface area contributed by atoms with Crippen molar-refractivity contribution in [2.75, 3.05) is 0 Å². The standard InChI is InChI=1S/C14H12N4O3S/c1-3-18-12(19)11(5-4-10-8(2)16-7-17-10)22-13(18)9(6-15)14(20)21/h4,7H,3H2,1-2H3,(H,16,17)(H,20,21)/b13-9-. The van der Waals surface area contributed by atoms with Crippen LogP contribution in [0, 0.1) is 18.3 Å². The average Bonchev–Trinajstić information content (AvgIpc) is 3.01. The highest BCUT2D eigenvalue weighted by Crippen LogP contribution is 2.01. The van der Waals surface area contributed by atoms with Crippen molar-refractivity contribution in [1.82, 2.24) is 14.5 Å². The van der Waals surface area contributed by atoms with Crippen LogP contribution in [-0.2, 0) is 11.3 Å². The first-order chi connectivity index (χ1) is 10.5. The maximum absolute atomic E-state index is 12.3. The van der Waals surface area contributed by atoms with E-state index in [1.807, 2.05) is 6.92 Å². The summed E-state index contributed by atoms with van der Waals surface area (Å²) >= 11 is 0.929. The number of hydrogen-bond acceptors (Lipinski definition) is 5. The number of carbonyl (C=O) groups is 1. The van der Waals surface area contributed by atoms with E-state index in [0.717, 1.165) is 17.0 Å². The van der Waals surface area contributed by atoms with Crippen molar-refractivity contribution in [1.29, 1.82) is 5.26 Å². The Hall–Kier alpha value is -2.88. The molecule has 0 aliphatic rings. The number of thiazole rings is 1. The number of nitriles is 1. The van der Waals surface area contributed by atoms with Gasteiger partial charge in [0, 0.05) is 18.3 Å². The highest BCUT2D eigenvalue weighted by Gasteiger charge is 2.13. The fourth-order valence-corrected chi connectivity index (χ4v) is 2.88. The molecule has 0 radical (unpaired) electrons. The Labute approximate surface area is 128 Å². The van der Waals surface area contributed by atoms with Crippen molar-refractivity contribution < 1.29 is 9.90 Å². The van der Waals surface area contributed by atoms with Crippen LogP contribution in [0.25, 0.3) is 17.4 Å². The van der Waals surface area contributed by atoms with Gasteiger partial charge in [0.25, 0.3) is 5.56 Å². The number of aryl methyl sites for hydroxylation is 1. The minimum Gasteiger partial charge on any atom is -0.477 e. The third-order valence-corrected chi connectivity index (χ3v) is 4.06. The van der Waals surface area contributed by atoms with E-state index < -0.39 is 11.5 Å². The molecular weight excluding hydrogens is 304 g/mol. The summed E-state index contributed by atoms with van der Waals surface area (Å²) in [4.78, 5) is 30.3. The minimum atomic E-state index is -1.36. The lowest BCUT2D eigenvalue weighted by Crippen LogP contribution is -2.31. The second kappa shape index (κ2) is 6.26. The number of aliphatic carboxylic acids is 1. The van der Waals surface area contributed by atoms with Gasteiger partial charge in [-0.05, 0) is 13.8 Å². The van der Waals surface area contributed by atoms with Gasteiger partial charge in [-0.3, -0.25) is 9.36 Å². The molecule has 2 N–H and O–H groups in total. The number of nitrogens with zero attached hydrogens (tertiary/aromatic N) is 3. The average molecular weight is 316 g/mol. The number of carboxylic acid groups (broad SMARTS) is 1. The first kappa shape index (κ1) is 15.5. The van der Waals surface area contributed by atoms with Crippen molar-refractivity contribution in [3.8, 4) is 6.07 Å². The predicted octanol–water partition coefficient (Wildman–Crippen LogP) is -0.187. The zero-order valence-corrected chi connectivity index (χ0v) is 12.7. The summed E-state index contributed by atoms with van der Waals surface area (Å²) in [6, 6.07) is 1.62. The summed E-state index contributed by atoms with van der Waals surface area (Å²) < 4.78 is 1.61. The van der Waals surface area contributed by atoms with E-state index in [1.165, 1.54) is 10.9 Å². The lowest BCUT2D eigenvalue weighted by molar-refractivity contribution is -0.130. The first-order valence-electron chi connectivity index (χ1n) is 6.33. The monoisotopic (exact) mass is 316 g/mol. The summed E-state index contributed by atoms with van der Waals surface area (Å²) in [7, 11) is 0. The van der Waals surface area contributed by atoms with E-state index in [0.29, 0.717) is 5.69 Å². The Balaban J connectivity index is 2.83. The van der Waals surface area contributed by atoms with Crippen molar-refractivity contribution in [3.05, 3.63) is 37.3 Å². The number of rotatable bonds is 3. The largest absolute Gasteiger partial charge is 0.477 e. The number of aromatic amines is 1. The van der Waals surface area contributed by atoms with Crippen molar-refractivity contribution in [3.63, 3.8) is 0 Å². The van der Waals surface area contributed by atoms with Crippen molar-refractivity contribution in [2.24, 2.45) is 0 Å². The van der Waals surface area contributed by atoms with Crippen LogP contribution in [0.4, 0.5) is 0 Å². The summed E-state index contributed by atoms with van der Waals surface area (Å²) in [5, 5.41) is 18.0. The molecule has 0 saturated heterocycles. The molecule has 0 atom stereocenters. The summed E-state index contributed by atoms with van der Waals surface area (Å²) in [5.74, 6) is -1.36. The molecule has 0 spiro atoms. The molecule has 0 aliphatic heterocycles.